The number of carbonyl (C=O) groups excluding carboxylic acids is 2. The van der Waals surface area contributed by atoms with Crippen LogP contribution in [0.5, 0.6) is 0 Å². The van der Waals surface area contributed by atoms with Gasteiger partial charge in [-0.3, -0.25) is 9.59 Å². The van der Waals surface area contributed by atoms with Gasteiger partial charge in [0, 0.05) is 20.3 Å². The number of aliphatic hydroxyl groups is 1. The summed E-state index contributed by atoms with van der Waals surface area (Å²) in [6.45, 7) is 6.78. The number of aliphatic hydroxyl groups excluding tert-OH is 1. The Labute approximate surface area is 170 Å². The summed E-state index contributed by atoms with van der Waals surface area (Å²) in [5.74, 6) is -0.476. The fourth-order valence-corrected chi connectivity index (χ4v) is 3.59. The highest BCUT2D eigenvalue weighted by Crippen LogP contribution is 2.39. The Balaban J connectivity index is 2.02. The van der Waals surface area contributed by atoms with Gasteiger partial charge >= 0.3 is 0 Å². The number of ether oxygens (including phenoxy) is 1. The molecule has 154 valence electrons. The van der Waals surface area contributed by atoms with Gasteiger partial charge in [0.2, 0.25) is 5.78 Å². The molecule has 0 aliphatic carbocycles. The number of furan rings is 1. The molecule has 0 radical (unpaired) electrons. The van der Waals surface area contributed by atoms with Gasteiger partial charge in [-0.1, -0.05) is 38.1 Å². The Hall–Kier alpha value is -2.86. The monoisotopic (exact) mass is 397 g/mol. The van der Waals surface area contributed by atoms with Crippen molar-refractivity contribution in [3.8, 4) is 0 Å². The van der Waals surface area contributed by atoms with Gasteiger partial charge in [-0.15, -0.1) is 0 Å². The molecule has 0 saturated heterocycles. The lowest BCUT2D eigenvalue weighted by molar-refractivity contribution is -0.129. The number of amides is 1. The van der Waals surface area contributed by atoms with E-state index >= 15 is 0 Å². The van der Waals surface area contributed by atoms with Gasteiger partial charge in [-0.25, -0.2) is 0 Å². The van der Waals surface area contributed by atoms with Crippen molar-refractivity contribution >= 4 is 11.7 Å². The predicted octanol–water partition coefficient (Wildman–Crippen LogP) is 4.33. The summed E-state index contributed by atoms with van der Waals surface area (Å²) >= 11 is 0. The number of hydrogen-bond donors (Lipinski definition) is 1. The van der Waals surface area contributed by atoms with Crippen molar-refractivity contribution in [3.63, 3.8) is 0 Å². The Morgan fingerprint density at radius 3 is 2.45 bits per heavy atom. The van der Waals surface area contributed by atoms with Crippen LogP contribution in [0.1, 0.15) is 59.7 Å². The molecule has 0 saturated carbocycles. The van der Waals surface area contributed by atoms with Crippen LogP contribution in [0.15, 0.2) is 52.1 Å². The van der Waals surface area contributed by atoms with E-state index in [1.807, 2.05) is 24.3 Å². The summed E-state index contributed by atoms with van der Waals surface area (Å²) in [5, 5.41) is 10.6. The van der Waals surface area contributed by atoms with Crippen LogP contribution in [0, 0.1) is 6.92 Å². The first-order valence-electron chi connectivity index (χ1n) is 9.79. The molecular formula is C23H27NO5. The molecule has 1 aliphatic rings. The highest BCUT2D eigenvalue weighted by atomic mass is 16.5. The summed E-state index contributed by atoms with van der Waals surface area (Å²) in [5.41, 5.74) is 1.99. The maximum absolute atomic E-state index is 13.1. The molecule has 1 aliphatic heterocycles. The normalized spacial score (nSPS) is 16.9. The van der Waals surface area contributed by atoms with E-state index in [-0.39, 0.29) is 11.3 Å². The number of hydrogen-bond acceptors (Lipinski definition) is 5. The Morgan fingerprint density at radius 2 is 1.90 bits per heavy atom. The average molecular weight is 397 g/mol. The van der Waals surface area contributed by atoms with Gasteiger partial charge in [0.25, 0.3) is 5.91 Å². The van der Waals surface area contributed by atoms with Gasteiger partial charge in [-0.05, 0) is 42.5 Å². The number of rotatable bonds is 8. The minimum absolute atomic E-state index is 0.0547. The SMILES string of the molecule is COCCCN1C(=O)C(O)=C(C(=O)c2ccc(C)o2)C1c1ccc(C(C)C)cc1. The molecule has 1 atom stereocenters. The molecule has 0 spiro atoms. The number of Topliss-reactive ketones (excluding diaryl/α,β-unsaturated/α-hetero) is 1. The van der Waals surface area contributed by atoms with Crippen LogP contribution < -0.4 is 0 Å². The minimum atomic E-state index is -0.668. The van der Waals surface area contributed by atoms with Crippen molar-refractivity contribution in [2.75, 3.05) is 20.3 Å². The molecule has 3 rings (SSSR count). The summed E-state index contributed by atoms with van der Waals surface area (Å²) in [7, 11) is 1.60. The fourth-order valence-electron chi connectivity index (χ4n) is 3.59. The maximum atomic E-state index is 13.1. The van der Waals surface area contributed by atoms with Crippen LogP contribution >= 0.6 is 0 Å². The zero-order chi connectivity index (χ0) is 21.1. The topological polar surface area (TPSA) is 80.0 Å². The third-order valence-electron chi connectivity index (χ3n) is 5.18. The molecule has 0 bridgehead atoms. The van der Waals surface area contributed by atoms with E-state index in [2.05, 4.69) is 13.8 Å². The lowest BCUT2D eigenvalue weighted by Gasteiger charge is -2.27. The predicted molar refractivity (Wildman–Crippen MR) is 109 cm³/mol. The van der Waals surface area contributed by atoms with Gasteiger partial charge in [0.1, 0.15) is 5.76 Å². The number of aryl methyl sites for hydroxylation is 1. The first kappa shape index (κ1) is 20.9. The van der Waals surface area contributed by atoms with Crippen molar-refractivity contribution in [1.82, 2.24) is 4.90 Å². The third kappa shape index (κ3) is 4.12. The summed E-state index contributed by atoms with van der Waals surface area (Å²) < 4.78 is 10.6. The number of methoxy groups -OCH3 is 1. The third-order valence-corrected chi connectivity index (χ3v) is 5.18. The van der Waals surface area contributed by atoms with Gasteiger partial charge in [0.15, 0.2) is 11.5 Å². The zero-order valence-corrected chi connectivity index (χ0v) is 17.3. The lowest BCUT2D eigenvalue weighted by Crippen LogP contribution is -2.32. The van der Waals surface area contributed by atoms with E-state index in [0.717, 1.165) is 11.1 Å². The van der Waals surface area contributed by atoms with Crippen LogP contribution in [-0.2, 0) is 9.53 Å². The lowest BCUT2D eigenvalue weighted by atomic mass is 9.93. The van der Waals surface area contributed by atoms with E-state index in [0.29, 0.717) is 31.3 Å². The molecule has 2 aromatic rings. The van der Waals surface area contributed by atoms with Crippen molar-refractivity contribution in [3.05, 3.63) is 70.4 Å². The second kappa shape index (κ2) is 8.66. The second-order valence-electron chi connectivity index (χ2n) is 7.57. The van der Waals surface area contributed by atoms with Crippen LogP contribution in [0.3, 0.4) is 0 Å². The highest BCUT2D eigenvalue weighted by molar-refractivity contribution is 6.15. The molecule has 0 fully saturated rings. The van der Waals surface area contributed by atoms with Gasteiger partial charge in [-0.2, -0.15) is 0 Å². The Bertz CT molecular complexity index is 923. The van der Waals surface area contributed by atoms with Crippen LogP contribution in [-0.4, -0.2) is 42.0 Å². The molecule has 6 heteroatoms. The van der Waals surface area contributed by atoms with E-state index < -0.39 is 23.5 Å². The molecule has 6 nitrogen and oxygen atoms in total. The van der Waals surface area contributed by atoms with E-state index in [4.69, 9.17) is 9.15 Å². The Morgan fingerprint density at radius 1 is 1.21 bits per heavy atom. The molecule has 29 heavy (non-hydrogen) atoms. The largest absolute Gasteiger partial charge is 0.503 e. The Kier molecular flexibility index (Phi) is 6.23. The molecule has 2 heterocycles. The molecule has 1 amide bonds. The van der Waals surface area contributed by atoms with Crippen LogP contribution in [0.4, 0.5) is 0 Å². The molecule has 1 aromatic carbocycles. The second-order valence-corrected chi connectivity index (χ2v) is 7.57. The number of carbonyl (C=O) groups is 2. The van der Waals surface area contributed by atoms with Gasteiger partial charge in [0.05, 0.1) is 11.6 Å². The zero-order valence-electron chi connectivity index (χ0n) is 17.3. The van der Waals surface area contributed by atoms with Crippen LogP contribution in [0.2, 0.25) is 0 Å². The van der Waals surface area contributed by atoms with E-state index in [1.54, 1.807) is 26.2 Å². The number of nitrogens with zero attached hydrogens (tertiary/aromatic N) is 1. The summed E-state index contributed by atoms with van der Waals surface area (Å²) in [6, 6.07) is 10.4. The van der Waals surface area contributed by atoms with E-state index in [9.17, 15) is 14.7 Å². The average Bonchev–Trinajstić information content (AvgIpc) is 3.24. The number of ketones is 1. The molecular weight excluding hydrogens is 370 g/mol. The first-order valence-corrected chi connectivity index (χ1v) is 9.79. The fraction of sp³-hybridized carbons (Fsp3) is 0.391. The molecule has 1 unspecified atom stereocenters. The maximum Gasteiger partial charge on any atom is 0.290 e. The van der Waals surface area contributed by atoms with Crippen molar-refractivity contribution < 1.29 is 23.8 Å². The quantitative estimate of drug-likeness (QED) is 0.530. The molecule has 1 N–H and O–H groups in total. The summed E-state index contributed by atoms with van der Waals surface area (Å²) in [6.07, 6.45) is 0.595. The van der Waals surface area contributed by atoms with Crippen molar-refractivity contribution in [1.29, 1.82) is 0 Å². The minimum Gasteiger partial charge on any atom is -0.503 e. The molecule has 1 aromatic heterocycles. The van der Waals surface area contributed by atoms with Crippen LogP contribution in [0.25, 0.3) is 0 Å². The highest BCUT2D eigenvalue weighted by Gasteiger charge is 2.44. The first-order chi connectivity index (χ1) is 13.8. The summed E-state index contributed by atoms with van der Waals surface area (Å²) in [4.78, 5) is 27.5. The number of benzene rings is 1. The standard InChI is InChI=1S/C23H27NO5/c1-14(2)16-7-9-17(10-8-16)20-19(21(25)18-11-6-15(3)29-18)22(26)23(27)24(20)12-5-13-28-4/h6-11,14,20,26H,5,12-13H2,1-4H3. The van der Waals surface area contributed by atoms with Gasteiger partial charge < -0.3 is 19.2 Å². The van der Waals surface area contributed by atoms with Crippen molar-refractivity contribution in [2.45, 2.75) is 39.2 Å². The van der Waals surface area contributed by atoms with Crippen molar-refractivity contribution in [2.24, 2.45) is 0 Å². The smallest absolute Gasteiger partial charge is 0.290 e. The van der Waals surface area contributed by atoms with E-state index in [1.165, 1.54) is 4.90 Å².